The summed E-state index contributed by atoms with van der Waals surface area (Å²) in [5.41, 5.74) is 7.07. The average molecular weight is 222 g/mol. The SMILES string of the molecule is CCN(CC(C)(O)CN)c1cccc(C)c1. The van der Waals surface area contributed by atoms with Crippen molar-refractivity contribution in [1.82, 2.24) is 0 Å². The highest BCUT2D eigenvalue weighted by atomic mass is 16.3. The summed E-state index contributed by atoms with van der Waals surface area (Å²) in [6.07, 6.45) is 0. The van der Waals surface area contributed by atoms with Crippen LogP contribution < -0.4 is 10.6 Å². The molecule has 0 radical (unpaired) electrons. The number of likely N-dealkylation sites (N-methyl/N-ethyl adjacent to an activating group) is 1. The van der Waals surface area contributed by atoms with Gasteiger partial charge in [0.15, 0.2) is 0 Å². The van der Waals surface area contributed by atoms with Crippen LogP contribution in [0.2, 0.25) is 0 Å². The van der Waals surface area contributed by atoms with Gasteiger partial charge in [-0.05, 0) is 38.5 Å². The minimum Gasteiger partial charge on any atom is -0.387 e. The number of rotatable bonds is 5. The molecule has 3 heteroatoms. The Kier molecular flexibility index (Phi) is 4.33. The summed E-state index contributed by atoms with van der Waals surface area (Å²) in [5, 5.41) is 9.99. The molecule has 0 saturated carbocycles. The van der Waals surface area contributed by atoms with Gasteiger partial charge in [-0.15, -0.1) is 0 Å². The van der Waals surface area contributed by atoms with E-state index in [9.17, 15) is 5.11 Å². The Morgan fingerprint density at radius 2 is 2.12 bits per heavy atom. The summed E-state index contributed by atoms with van der Waals surface area (Å²) in [5.74, 6) is 0. The van der Waals surface area contributed by atoms with Crippen molar-refractivity contribution >= 4 is 5.69 Å². The predicted octanol–water partition coefficient (Wildman–Crippen LogP) is 1.53. The first-order valence-corrected chi connectivity index (χ1v) is 5.72. The van der Waals surface area contributed by atoms with E-state index in [1.165, 1.54) is 5.56 Å². The molecular weight excluding hydrogens is 200 g/mol. The fraction of sp³-hybridized carbons (Fsp3) is 0.538. The second-order valence-corrected chi connectivity index (χ2v) is 4.55. The quantitative estimate of drug-likeness (QED) is 0.794. The minimum absolute atomic E-state index is 0.273. The molecule has 0 amide bonds. The molecule has 16 heavy (non-hydrogen) atoms. The lowest BCUT2D eigenvalue weighted by atomic mass is 10.1. The van der Waals surface area contributed by atoms with Gasteiger partial charge in [0.1, 0.15) is 0 Å². The van der Waals surface area contributed by atoms with Crippen LogP contribution in [0.3, 0.4) is 0 Å². The van der Waals surface area contributed by atoms with Gasteiger partial charge in [0.05, 0.1) is 5.60 Å². The van der Waals surface area contributed by atoms with Crippen molar-refractivity contribution in [3.63, 3.8) is 0 Å². The maximum atomic E-state index is 9.99. The van der Waals surface area contributed by atoms with Gasteiger partial charge in [-0.25, -0.2) is 0 Å². The van der Waals surface area contributed by atoms with E-state index in [1.807, 2.05) is 6.07 Å². The van der Waals surface area contributed by atoms with Crippen molar-refractivity contribution < 1.29 is 5.11 Å². The van der Waals surface area contributed by atoms with Crippen molar-refractivity contribution in [1.29, 1.82) is 0 Å². The number of aryl methyl sites for hydroxylation is 1. The van der Waals surface area contributed by atoms with E-state index in [4.69, 9.17) is 5.73 Å². The van der Waals surface area contributed by atoms with Crippen LogP contribution in [-0.2, 0) is 0 Å². The zero-order valence-corrected chi connectivity index (χ0v) is 10.4. The Morgan fingerprint density at radius 3 is 2.62 bits per heavy atom. The molecule has 1 aromatic carbocycles. The van der Waals surface area contributed by atoms with E-state index in [2.05, 4.69) is 36.9 Å². The van der Waals surface area contributed by atoms with Crippen LogP contribution in [0.4, 0.5) is 5.69 Å². The highest BCUT2D eigenvalue weighted by molar-refractivity contribution is 5.48. The fourth-order valence-electron chi connectivity index (χ4n) is 1.69. The standard InChI is InChI=1S/C13H22N2O/c1-4-15(10-13(3,16)9-14)12-7-5-6-11(2)8-12/h5-8,16H,4,9-10,14H2,1-3H3. The maximum Gasteiger partial charge on any atom is 0.0915 e. The third-order valence-corrected chi connectivity index (χ3v) is 2.72. The highest BCUT2D eigenvalue weighted by Crippen LogP contribution is 2.18. The highest BCUT2D eigenvalue weighted by Gasteiger charge is 2.21. The monoisotopic (exact) mass is 222 g/mol. The Bertz CT molecular complexity index is 336. The summed E-state index contributed by atoms with van der Waals surface area (Å²) in [4.78, 5) is 2.14. The molecule has 0 fully saturated rings. The maximum absolute atomic E-state index is 9.99. The molecule has 1 aromatic rings. The van der Waals surface area contributed by atoms with E-state index in [0.717, 1.165) is 12.2 Å². The van der Waals surface area contributed by atoms with E-state index in [-0.39, 0.29) is 6.54 Å². The van der Waals surface area contributed by atoms with Crippen molar-refractivity contribution in [2.45, 2.75) is 26.4 Å². The van der Waals surface area contributed by atoms with Crippen LogP contribution >= 0.6 is 0 Å². The Hall–Kier alpha value is -1.06. The number of aliphatic hydroxyl groups is 1. The van der Waals surface area contributed by atoms with Crippen molar-refractivity contribution in [3.8, 4) is 0 Å². The number of nitrogens with zero attached hydrogens (tertiary/aromatic N) is 1. The van der Waals surface area contributed by atoms with Crippen LogP contribution in [0.25, 0.3) is 0 Å². The molecule has 90 valence electrons. The largest absolute Gasteiger partial charge is 0.387 e. The van der Waals surface area contributed by atoms with Gasteiger partial charge in [-0.3, -0.25) is 0 Å². The van der Waals surface area contributed by atoms with Crippen molar-refractivity contribution in [3.05, 3.63) is 29.8 Å². The van der Waals surface area contributed by atoms with Gasteiger partial charge >= 0.3 is 0 Å². The van der Waals surface area contributed by atoms with Gasteiger partial charge in [0.2, 0.25) is 0 Å². The van der Waals surface area contributed by atoms with Gasteiger partial charge in [-0.1, -0.05) is 12.1 Å². The van der Waals surface area contributed by atoms with Crippen molar-refractivity contribution in [2.75, 3.05) is 24.5 Å². The second kappa shape index (κ2) is 5.32. The number of anilines is 1. The fourth-order valence-corrected chi connectivity index (χ4v) is 1.69. The summed E-state index contributed by atoms with van der Waals surface area (Å²) >= 11 is 0. The summed E-state index contributed by atoms with van der Waals surface area (Å²) in [6.45, 7) is 7.61. The molecule has 3 nitrogen and oxygen atoms in total. The topological polar surface area (TPSA) is 49.5 Å². The first-order valence-electron chi connectivity index (χ1n) is 5.72. The summed E-state index contributed by atoms with van der Waals surface area (Å²) in [6, 6.07) is 8.28. The Labute approximate surface area is 97.9 Å². The minimum atomic E-state index is -0.834. The van der Waals surface area contributed by atoms with Crippen molar-refractivity contribution in [2.24, 2.45) is 5.73 Å². The summed E-state index contributed by atoms with van der Waals surface area (Å²) in [7, 11) is 0. The molecule has 0 aliphatic carbocycles. The number of nitrogens with two attached hydrogens (primary N) is 1. The molecule has 1 rings (SSSR count). The Balaban J connectivity index is 2.82. The van der Waals surface area contributed by atoms with Gasteiger partial charge in [0, 0.05) is 25.3 Å². The van der Waals surface area contributed by atoms with Gasteiger partial charge in [0.25, 0.3) is 0 Å². The normalized spacial score (nSPS) is 14.6. The first kappa shape index (κ1) is 13.0. The van der Waals surface area contributed by atoms with E-state index < -0.39 is 5.60 Å². The average Bonchev–Trinajstić information content (AvgIpc) is 2.26. The van der Waals surface area contributed by atoms with E-state index >= 15 is 0 Å². The van der Waals surface area contributed by atoms with E-state index in [0.29, 0.717) is 6.54 Å². The molecule has 0 spiro atoms. The van der Waals surface area contributed by atoms with Crippen LogP contribution in [0, 0.1) is 6.92 Å². The lowest BCUT2D eigenvalue weighted by molar-refractivity contribution is 0.0763. The van der Waals surface area contributed by atoms with Gasteiger partial charge in [-0.2, -0.15) is 0 Å². The zero-order valence-electron chi connectivity index (χ0n) is 10.4. The molecule has 0 heterocycles. The molecule has 0 bridgehead atoms. The van der Waals surface area contributed by atoms with Crippen LogP contribution in [0.1, 0.15) is 19.4 Å². The summed E-state index contributed by atoms with van der Waals surface area (Å²) < 4.78 is 0. The number of hydrogen-bond donors (Lipinski definition) is 2. The molecule has 0 saturated heterocycles. The molecule has 3 N–H and O–H groups in total. The van der Waals surface area contributed by atoms with Crippen LogP contribution in [-0.4, -0.2) is 30.3 Å². The molecule has 1 atom stereocenters. The number of benzene rings is 1. The second-order valence-electron chi connectivity index (χ2n) is 4.55. The third kappa shape index (κ3) is 3.51. The Morgan fingerprint density at radius 1 is 1.44 bits per heavy atom. The van der Waals surface area contributed by atoms with Crippen LogP contribution in [0.15, 0.2) is 24.3 Å². The first-order chi connectivity index (χ1) is 7.48. The molecule has 0 aliphatic heterocycles. The lowest BCUT2D eigenvalue weighted by Gasteiger charge is -2.31. The lowest BCUT2D eigenvalue weighted by Crippen LogP contribution is -2.46. The molecule has 0 aliphatic rings. The third-order valence-electron chi connectivity index (χ3n) is 2.72. The van der Waals surface area contributed by atoms with Gasteiger partial charge < -0.3 is 15.7 Å². The smallest absolute Gasteiger partial charge is 0.0915 e. The predicted molar refractivity (Wildman–Crippen MR) is 68.7 cm³/mol. The molecule has 1 unspecified atom stereocenters. The zero-order chi connectivity index (χ0) is 12.2. The molecular formula is C13H22N2O. The molecule has 0 aromatic heterocycles. The van der Waals surface area contributed by atoms with E-state index in [1.54, 1.807) is 6.92 Å². The van der Waals surface area contributed by atoms with Crippen LogP contribution in [0.5, 0.6) is 0 Å². The number of hydrogen-bond acceptors (Lipinski definition) is 3.